The molecule has 10 heteroatoms. The van der Waals surface area contributed by atoms with E-state index in [1.165, 1.54) is 4.31 Å². The van der Waals surface area contributed by atoms with Crippen LogP contribution in [0.25, 0.3) is 0 Å². The van der Waals surface area contributed by atoms with E-state index in [9.17, 15) is 21.6 Å². The van der Waals surface area contributed by atoms with Gasteiger partial charge in [-0.1, -0.05) is 11.6 Å². The number of rotatable bonds is 4. The Morgan fingerprint density at radius 1 is 1.33 bits per heavy atom. The van der Waals surface area contributed by atoms with Crippen LogP contribution in [0, 0.1) is 5.92 Å². The minimum atomic E-state index is -4.70. The number of nitrogens with two attached hydrogens (primary N) is 1. The van der Waals surface area contributed by atoms with E-state index >= 15 is 0 Å². The van der Waals surface area contributed by atoms with Crippen molar-refractivity contribution in [2.45, 2.75) is 30.3 Å². The number of sulfonamides is 1. The molecule has 0 spiro atoms. The predicted molar refractivity (Wildman–Crippen MR) is 88.9 cm³/mol. The quantitative estimate of drug-likeness (QED) is 0.831. The maximum Gasteiger partial charge on any atom is 0.417 e. The number of benzene rings is 1. The number of alkyl halides is 3. The van der Waals surface area contributed by atoms with Crippen molar-refractivity contribution in [3.05, 3.63) is 28.8 Å². The Labute approximate surface area is 150 Å². The molecule has 1 aromatic rings. The maximum atomic E-state index is 12.9. The van der Waals surface area contributed by atoms with Gasteiger partial charge in [0.15, 0.2) is 0 Å². The molecule has 1 aliphatic heterocycles. The summed E-state index contributed by atoms with van der Waals surface area (Å²) in [6, 6.07) is 2.68. The van der Waals surface area contributed by atoms with Gasteiger partial charge in [0.1, 0.15) is 0 Å². The summed E-state index contributed by atoms with van der Waals surface area (Å²) >= 11 is 5.54. The summed E-state index contributed by atoms with van der Waals surface area (Å²) in [7, 11) is -3.98. The van der Waals surface area contributed by atoms with Crippen molar-refractivity contribution in [2.75, 3.05) is 19.6 Å². The van der Waals surface area contributed by atoms with Crippen LogP contribution in [-0.4, -0.2) is 32.4 Å². The van der Waals surface area contributed by atoms with Gasteiger partial charge in [-0.25, -0.2) is 8.42 Å². The fourth-order valence-electron chi connectivity index (χ4n) is 2.75. The highest BCUT2D eigenvalue weighted by Gasteiger charge is 2.36. The highest BCUT2D eigenvalue weighted by molar-refractivity contribution is 7.89. The first-order chi connectivity index (χ1) is 10.7. The molecule has 1 saturated heterocycles. The molecule has 1 aliphatic rings. The Balaban J connectivity index is 0.00000288. The van der Waals surface area contributed by atoms with E-state index in [1.807, 2.05) is 0 Å². The third kappa shape index (κ3) is 4.76. The van der Waals surface area contributed by atoms with Gasteiger partial charge in [-0.15, -0.1) is 12.4 Å². The lowest BCUT2D eigenvalue weighted by Crippen LogP contribution is -2.40. The Bertz CT molecular complexity index is 666. The van der Waals surface area contributed by atoms with E-state index in [1.54, 1.807) is 0 Å². The van der Waals surface area contributed by atoms with Gasteiger partial charge in [0.05, 0.1) is 15.5 Å². The second-order valence-corrected chi connectivity index (χ2v) is 7.93. The molecule has 0 radical (unpaired) electrons. The monoisotopic (exact) mass is 406 g/mol. The number of hydrogen-bond acceptors (Lipinski definition) is 3. The van der Waals surface area contributed by atoms with Crippen molar-refractivity contribution < 1.29 is 21.6 Å². The molecule has 0 bridgehead atoms. The average molecular weight is 407 g/mol. The van der Waals surface area contributed by atoms with Crippen molar-refractivity contribution in [3.63, 3.8) is 0 Å². The lowest BCUT2D eigenvalue weighted by molar-refractivity contribution is -0.137. The SMILES string of the molecule is Cl.NCCC1CCCN(S(=O)(=O)c2ccc(Cl)c(C(F)(F)F)c2)C1. The second kappa shape index (κ2) is 8.23. The van der Waals surface area contributed by atoms with Crippen LogP contribution in [0.15, 0.2) is 23.1 Å². The van der Waals surface area contributed by atoms with Crippen LogP contribution in [-0.2, 0) is 16.2 Å². The molecule has 24 heavy (non-hydrogen) atoms. The first-order valence-corrected chi connectivity index (χ1v) is 9.05. The Kier molecular flexibility index (Phi) is 7.37. The molecule has 1 fully saturated rings. The van der Waals surface area contributed by atoms with Gasteiger partial charge >= 0.3 is 6.18 Å². The largest absolute Gasteiger partial charge is 0.417 e. The standard InChI is InChI=1S/C14H18ClF3N2O2S.ClH/c15-13-4-3-11(8-12(13)14(16,17)18)23(21,22)20-7-1-2-10(9-20)5-6-19;/h3-4,8,10H,1-2,5-7,9,19H2;1H. The van der Waals surface area contributed by atoms with Crippen LogP contribution in [0.1, 0.15) is 24.8 Å². The lowest BCUT2D eigenvalue weighted by atomic mass is 9.96. The second-order valence-electron chi connectivity index (χ2n) is 5.59. The highest BCUT2D eigenvalue weighted by Crippen LogP contribution is 2.36. The molecule has 0 amide bonds. The summed E-state index contributed by atoms with van der Waals surface area (Å²) in [5, 5.41) is -0.517. The molecule has 1 atom stereocenters. The summed E-state index contributed by atoms with van der Waals surface area (Å²) in [6.07, 6.45) is -2.46. The maximum absolute atomic E-state index is 12.9. The summed E-state index contributed by atoms with van der Waals surface area (Å²) in [5.74, 6) is 0.137. The van der Waals surface area contributed by atoms with E-state index in [4.69, 9.17) is 17.3 Å². The van der Waals surface area contributed by atoms with E-state index in [0.717, 1.165) is 18.6 Å². The van der Waals surface area contributed by atoms with Gasteiger partial charge in [-0.05, 0) is 49.9 Å². The van der Waals surface area contributed by atoms with Gasteiger partial charge in [0, 0.05) is 13.1 Å². The molecule has 138 valence electrons. The van der Waals surface area contributed by atoms with Crippen molar-refractivity contribution in [3.8, 4) is 0 Å². The Morgan fingerprint density at radius 3 is 2.58 bits per heavy atom. The Morgan fingerprint density at radius 2 is 2.00 bits per heavy atom. The van der Waals surface area contributed by atoms with Gasteiger partial charge in [0.25, 0.3) is 0 Å². The van der Waals surface area contributed by atoms with Crippen molar-refractivity contribution in [1.82, 2.24) is 4.31 Å². The molecule has 1 heterocycles. The first kappa shape index (κ1) is 21.5. The third-order valence-corrected chi connectivity index (χ3v) is 6.13. The highest BCUT2D eigenvalue weighted by atomic mass is 35.5. The summed E-state index contributed by atoms with van der Waals surface area (Å²) in [6.45, 7) is 1.04. The van der Waals surface area contributed by atoms with Crippen LogP contribution < -0.4 is 5.73 Å². The molecule has 0 aliphatic carbocycles. The number of piperidine rings is 1. The predicted octanol–water partition coefficient (Wildman–Crippen LogP) is 3.53. The molecular weight excluding hydrogens is 388 g/mol. The van der Waals surface area contributed by atoms with Gasteiger partial charge in [0.2, 0.25) is 10.0 Å². The fraction of sp³-hybridized carbons (Fsp3) is 0.571. The first-order valence-electron chi connectivity index (χ1n) is 7.23. The average Bonchev–Trinajstić information content (AvgIpc) is 2.47. The van der Waals surface area contributed by atoms with Crippen LogP contribution in [0.4, 0.5) is 13.2 Å². The minimum Gasteiger partial charge on any atom is -0.330 e. The third-order valence-electron chi connectivity index (χ3n) is 3.94. The van der Waals surface area contributed by atoms with Crippen LogP contribution in [0.5, 0.6) is 0 Å². The molecular formula is C14H19Cl2F3N2O2S. The molecule has 1 aromatic carbocycles. The van der Waals surface area contributed by atoms with Crippen molar-refractivity contribution in [2.24, 2.45) is 11.7 Å². The summed E-state index contributed by atoms with van der Waals surface area (Å²) in [4.78, 5) is -0.386. The molecule has 1 unspecified atom stereocenters. The minimum absolute atomic E-state index is 0. The zero-order chi connectivity index (χ0) is 17.3. The van der Waals surface area contributed by atoms with Crippen LogP contribution in [0.2, 0.25) is 5.02 Å². The Hall–Kier alpha value is -0.540. The molecule has 2 rings (SSSR count). The number of nitrogens with zero attached hydrogens (tertiary/aromatic N) is 1. The van der Waals surface area contributed by atoms with Gasteiger partial charge < -0.3 is 5.73 Å². The van der Waals surface area contributed by atoms with Gasteiger partial charge in [-0.3, -0.25) is 0 Å². The molecule has 0 aromatic heterocycles. The number of halogens is 5. The van der Waals surface area contributed by atoms with Crippen molar-refractivity contribution in [1.29, 1.82) is 0 Å². The fourth-order valence-corrected chi connectivity index (χ4v) is 4.55. The molecule has 4 nitrogen and oxygen atoms in total. The zero-order valence-electron chi connectivity index (χ0n) is 12.7. The van der Waals surface area contributed by atoms with E-state index in [-0.39, 0.29) is 29.8 Å². The molecule has 0 saturated carbocycles. The van der Waals surface area contributed by atoms with E-state index < -0.39 is 26.8 Å². The summed E-state index contributed by atoms with van der Waals surface area (Å²) in [5.41, 5.74) is 4.36. The lowest BCUT2D eigenvalue weighted by Gasteiger charge is -2.32. The molecule has 2 N–H and O–H groups in total. The normalized spacial score (nSPS) is 19.8. The zero-order valence-corrected chi connectivity index (χ0v) is 15.1. The number of hydrogen-bond donors (Lipinski definition) is 1. The smallest absolute Gasteiger partial charge is 0.330 e. The van der Waals surface area contributed by atoms with Crippen LogP contribution in [0.3, 0.4) is 0 Å². The van der Waals surface area contributed by atoms with Crippen LogP contribution >= 0.6 is 24.0 Å². The summed E-state index contributed by atoms with van der Waals surface area (Å²) < 4.78 is 65.2. The van der Waals surface area contributed by atoms with Gasteiger partial charge in [-0.2, -0.15) is 17.5 Å². The van der Waals surface area contributed by atoms with E-state index in [0.29, 0.717) is 32.0 Å². The van der Waals surface area contributed by atoms with E-state index in [2.05, 4.69) is 0 Å². The topological polar surface area (TPSA) is 63.4 Å². The van der Waals surface area contributed by atoms with Crippen molar-refractivity contribution >= 4 is 34.0 Å².